The van der Waals surface area contributed by atoms with Crippen molar-refractivity contribution in [1.29, 1.82) is 0 Å². The van der Waals surface area contributed by atoms with Gasteiger partial charge in [-0.25, -0.2) is 0 Å². The number of thiophene rings is 1. The van der Waals surface area contributed by atoms with Crippen LogP contribution in [0.25, 0.3) is 0 Å². The maximum Gasteiger partial charge on any atom is 0.0532 e. The Balaban J connectivity index is 1.83. The molecule has 1 aliphatic carbocycles. The normalized spacial score (nSPS) is 20.1. The summed E-state index contributed by atoms with van der Waals surface area (Å²) < 4.78 is 1.26. The highest BCUT2D eigenvalue weighted by molar-refractivity contribution is 9.11. The molecular weight excluding hydrogens is 384 g/mol. The Bertz CT molecular complexity index is 588. The van der Waals surface area contributed by atoms with Gasteiger partial charge in [0.15, 0.2) is 0 Å². The van der Waals surface area contributed by atoms with Crippen LogP contribution in [0.15, 0.2) is 34.8 Å². The van der Waals surface area contributed by atoms with Gasteiger partial charge in [-0.3, -0.25) is 0 Å². The van der Waals surface area contributed by atoms with Crippen molar-refractivity contribution in [1.82, 2.24) is 0 Å². The van der Waals surface area contributed by atoms with Gasteiger partial charge in [0.2, 0.25) is 0 Å². The third-order valence-electron chi connectivity index (χ3n) is 3.89. The van der Waals surface area contributed by atoms with E-state index in [-0.39, 0.29) is 0 Å². The van der Waals surface area contributed by atoms with Crippen LogP contribution in [-0.2, 0) is 12.8 Å². The molecule has 0 bridgehead atoms. The van der Waals surface area contributed by atoms with E-state index in [9.17, 15) is 0 Å². The summed E-state index contributed by atoms with van der Waals surface area (Å²) in [6.45, 7) is 2.18. The van der Waals surface area contributed by atoms with Gasteiger partial charge in [-0.05, 0) is 65.2 Å². The quantitative estimate of drug-likeness (QED) is 0.538. The van der Waals surface area contributed by atoms with Crippen molar-refractivity contribution in [3.05, 3.63) is 55.7 Å². The maximum atomic E-state index is 3.94. The molecule has 0 radical (unpaired) electrons. The summed E-state index contributed by atoms with van der Waals surface area (Å²) in [5, 5.41) is 0. The minimum atomic E-state index is 0.467. The molecule has 2 atom stereocenters. The zero-order valence-corrected chi connectivity index (χ0v) is 14.8. The van der Waals surface area contributed by atoms with Gasteiger partial charge in [0, 0.05) is 14.2 Å². The number of benzene rings is 1. The van der Waals surface area contributed by atoms with E-state index in [4.69, 9.17) is 0 Å². The zero-order chi connectivity index (χ0) is 13.4. The van der Waals surface area contributed by atoms with Crippen LogP contribution in [0, 0.1) is 12.8 Å². The standard InChI is InChI=1S/C16H16Br2S/c1-10-8-14(17)16(19-10)15(18)13-7-6-11-4-2-3-5-12(11)9-13/h2-5,8,13,15H,6-7,9H2,1H3. The molecule has 0 amide bonds. The monoisotopic (exact) mass is 398 g/mol. The lowest BCUT2D eigenvalue weighted by Gasteiger charge is -2.28. The molecule has 100 valence electrons. The number of fused-ring (bicyclic) bond motifs is 1. The highest BCUT2D eigenvalue weighted by Crippen LogP contribution is 2.45. The van der Waals surface area contributed by atoms with E-state index in [1.165, 1.54) is 39.1 Å². The molecule has 0 fully saturated rings. The van der Waals surface area contributed by atoms with Crippen LogP contribution in [0.2, 0.25) is 0 Å². The lowest BCUT2D eigenvalue weighted by molar-refractivity contribution is 0.455. The molecule has 0 saturated heterocycles. The van der Waals surface area contributed by atoms with Crippen molar-refractivity contribution in [3.63, 3.8) is 0 Å². The van der Waals surface area contributed by atoms with Crippen molar-refractivity contribution < 1.29 is 0 Å². The fourth-order valence-electron chi connectivity index (χ4n) is 2.88. The summed E-state index contributed by atoms with van der Waals surface area (Å²) in [5.74, 6) is 0.698. The highest BCUT2D eigenvalue weighted by Gasteiger charge is 2.27. The van der Waals surface area contributed by atoms with Gasteiger partial charge in [0.05, 0.1) is 4.83 Å². The van der Waals surface area contributed by atoms with Gasteiger partial charge in [-0.15, -0.1) is 11.3 Å². The smallest absolute Gasteiger partial charge is 0.0532 e. The zero-order valence-electron chi connectivity index (χ0n) is 10.8. The molecule has 0 N–H and O–H groups in total. The summed E-state index contributed by atoms with van der Waals surface area (Å²) in [7, 11) is 0. The molecule has 3 rings (SSSR count). The van der Waals surface area contributed by atoms with Gasteiger partial charge in [-0.2, -0.15) is 0 Å². The molecule has 1 aromatic carbocycles. The SMILES string of the molecule is Cc1cc(Br)c(C(Br)C2CCc3ccccc3C2)s1. The number of halogens is 2. The number of hydrogen-bond donors (Lipinski definition) is 0. The minimum Gasteiger partial charge on any atom is -0.143 e. The predicted octanol–water partition coefficient (Wildman–Crippen LogP) is 6.06. The van der Waals surface area contributed by atoms with E-state index in [1.807, 2.05) is 11.3 Å². The molecule has 0 spiro atoms. The van der Waals surface area contributed by atoms with Crippen LogP contribution >= 0.6 is 43.2 Å². The van der Waals surface area contributed by atoms with Gasteiger partial charge in [-0.1, -0.05) is 40.2 Å². The Morgan fingerprint density at radius 1 is 1.26 bits per heavy atom. The second kappa shape index (κ2) is 5.71. The third-order valence-corrected chi connectivity index (χ3v) is 7.45. The summed E-state index contributed by atoms with van der Waals surface area (Å²) in [4.78, 5) is 3.29. The molecule has 0 saturated carbocycles. The summed E-state index contributed by atoms with van der Waals surface area (Å²) in [6, 6.07) is 11.1. The number of rotatable bonds is 2. The average Bonchev–Trinajstić information content (AvgIpc) is 2.76. The third kappa shape index (κ3) is 2.84. The molecule has 0 aliphatic heterocycles. The van der Waals surface area contributed by atoms with Crippen molar-refractivity contribution >= 4 is 43.2 Å². The number of hydrogen-bond acceptors (Lipinski definition) is 1. The van der Waals surface area contributed by atoms with Crippen LogP contribution in [0.4, 0.5) is 0 Å². The van der Waals surface area contributed by atoms with E-state index in [1.54, 1.807) is 5.56 Å². The lowest BCUT2D eigenvalue weighted by atomic mass is 9.82. The summed E-state index contributed by atoms with van der Waals surface area (Å²) in [6.07, 6.45) is 3.68. The Morgan fingerprint density at radius 2 is 2.00 bits per heavy atom. The van der Waals surface area contributed by atoms with E-state index in [0.717, 1.165) is 0 Å². The first-order valence-electron chi connectivity index (χ1n) is 6.62. The van der Waals surface area contributed by atoms with Crippen LogP contribution < -0.4 is 0 Å². The number of alkyl halides is 1. The van der Waals surface area contributed by atoms with Crippen LogP contribution in [0.3, 0.4) is 0 Å². The van der Waals surface area contributed by atoms with E-state index in [0.29, 0.717) is 10.7 Å². The largest absolute Gasteiger partial charge is 0.143 e. The molecule has 2 unspecified atom stereocenters. The maximum absolute atomic E-state index is 3.94. The van der Waals surface area contributed by atoms with E-state index >= 15 is 0 Å². The van der Waals surface area contributed by atoms with Gasteiger partial charge >= 0.3 is 0 Å². The van der Waals surface area contributed by atoms with Crippen LogP contribution in [0.5, 0.6) is 0 Å². The molecule has 1 heterocycles. The van der Waals surface area contributed by atoms with E-state index < -0.39 is 0 Å². The Morgan fingerprint density at radius 3 is 2.68 bits per heavy atom. The minimum absolute atomic E-state index is 0.467. The fourth-order valence-corrected chi connectivity index (χ4v) is 6.13. The first-order valence-corrected chi connectivity index (χ1v) is 9.14. The van der Waals surface area contributed by atoms with Gasteiger partial charge in [0.1, 0.15) is 0 Å². The summed E-state index contributed by atoms with van der Waals surface area (Å²) in [5.41, 5.74) is 3.08. The first kappa shape index (κ1) is 13.8. The molecule has 1 aliphatic rings. The molecule has 0 nitrogen and oxygen atoms in total. The molecule has 3 heteroatoms. The topological polar surface area (TPSA) is 0 Å². The number of aryl methyl sites for hydroxylation is 2. The Kier molecular flexibility index (Phi) is 4.16. The second-order valence-electron chi connectivity index (χ2n) is 5.24. The van der Waals surface area contributed by atoms with Crippen LogP contribution in [0.1, 0.15) is 32.1 Å². The summed E-state index contributed by atoms with van der Waals surface area (Å²) >= 11 is 9.54. The molecule has 19 heavy (non-hydrogen) atoms. The predicted molar refractivity (Wildman–Crippen MR) is 90.4 cm³/mol. The Labute approximate surface area is 135 Å². The second-order valence-corrected chi connectivity index (χ2v) is 8.37. The molecule has 1 aromatic heterocycles. The Hall–Kier alpha value is -0.120. The van der Waals surface area contributed by atoms with Crippen molar-refractivity contribution in [2.24, 2.45) is 5.92 Å². The van der Waals surface area contributed by atoms with Gasteiger partial charge in [0.25, 0.3) is 0 Å². The van der Waals surface area contributed by atoms with Crippen molar-refractivity contribution in [3.8, 4) is 0 Å². The average molecular weight is 400 g/mol. The highest BCUT2D eigenvalue weighted by atomic mass is 79.9. The first-order chi connectivity index (χ1) is 9.15. The van der Waals surface area contributed by atoms with Crippen molar-refractivity contribution in [2.75, 3.05) is 0 Å². The fraction of sp³-hybridized carbons (Fsp3) is 0.375. The molecular formula is C16H16Br2S. The van der Waals surface area contributed by atoms with E-state index in [2.05, 4.69) is 69.1 Å². The lowest BCUT2D eigenvalue weighted by Crippen LogP contribution is -2.17. The molecule has 2 aromatic rings. The van der Waals surface area contributed by atoms with Gasteiger partial charge < -0.3 is 0 Å². The van der Waals surface area contributed by atoms with Crippen LogP contribution in [-0.4, -0.2) is 0 Å². The van der Waals surface area contributed by atoms with Crippen molar-refractivity contribution in [2.45, 2.75) is 31.0 Å².